The van der Waals surface area contributed by atoms with Gasteiger partial charge in [0.05, 0.1) is 0 Å². The van der Waals surface area contributed by atoms with E-state index in [0.29, 0.717) is 5.69 Å². The molecule has 0 saturated carbocycles. The molecular weight excluding hydrogens is 221 g/mol. The minimum Gasteiger partial charge on any atom is -0.421 e. The normalized spacial score (nSPS) is 9.71. The average Bonchev–Trinajstić information content (AvgIpc) is 2.31. The van der Waals surface area contributed by atoms with Gasteiger partial charge in [0.1, 0.15) is 11.8 Å². The Labute approximate surface area is 97.3 Å². The van der Waals surface area contributed by atoms with E-state index in [1.165, 1.54) is 18.2 Å². The molecule has 0 spiro atoms. The highest BCUT2D eigenvalue weighted by atomic mass is 19.1. The van der Waals surface area contributed by atoms with Crippen molar-refractivity contribution in [3.8, 4) is 17.8 Å². The summed E-state index contributed by atoms with van der Waals surface area (Å²) in [5.74, 6) is -0.474. The van der Waals surface area contributed by atoms with E-state index in [-0.39, 0.29) is 17.5 Å². The molecule has 2 aromatic rings. The molecule has 2 rings (SSSR count). The number of nitrogens with zero attached hydrogens (tertiary/aromatic N) is 3. The second-order valence-electron chi connectivity index (χ2n) is 3.32. The molecule has 0 atom stereocenters. The number of aromatic nitrogens is 2. The Morgan fingerprint density at radius 1 is 1.29 bits per heavy atom. The molecule has 0 fully saturated rings. The first kappa shape index (κ1) is 11.0. The number of aryl methyl sites for hydroxylation is 1. The van der Waals surface area contributed by atoms with Gasteiger partial charge in [-0.25, -0.2) is 9.37 Å². The zero-order chi connectivity index (χ0) is 12.3. The monoisotopic (exact) mass is 229 g/mol. The number of rotatable bonds is 2. The van der Waals surface area contributed by atoms with Crippen LogP contribution in [-0.2, 0) is 0 Å². The molecule has 0 saturated heterocycles. The van der Waals surface area contributed by atoms with Gasteiger partial charge in [0, 0.05) is 5.69 Å². The summed E-state index contributed by atoms with van der Waals surface area (Å²) >= 11 is 0. The molecule has 0 radical (unpaired) electrons. The van der Waals surface area contributed by atoms with E-state index in [9.17, 15) is 4.39 Å². The molecule has 1 aromatic heterocycles. The number of halogens is 1. The fraction of sp³-hybridized carbons (Fsp3) is 0.0833. The van der Waals surface area contributed by atoms with Crippen molar-refractivity contribution >= 4 is 0 Å². The summed E-state index contributed by atoms with van der Waals surface area (Å²) in [5, 5.41) is 8.74. The highest BCUT2D eigenvalue weighted by Gasteiger charge is 2.07. The Kier molecular flexibility index (Phi) is 2.97. The SMILES string of the molecule is Cc1cc(C#N)nc(Oc2ccccc2F)n1. The van der Waals surface area contributed by atoms with Crippen LogP contribution in [0, 0.1) is 24.1 Å². The van der Waals surface area contributed by atoms with Crippen LogP contribution in [0.15, 0.2) is 30.3 Å². The van der Waals surface area contributed by atoms with Gasteiger partial charge in [0.15, 0.2) is 11.6 Å². The van der Waals surface area contributed by atoms with E-state index in [2.05, 4.69) is 9.97 Å². The van der Waals surface area contributed by atoms with Gasteiger partial charge < -0.3 is 4.74 Å². The average molecular weight is 229 g/mol. The second kappa shape index (κ2) is 4.58. The lowest BCUT2D eigenvalue weighted by Crippen LogP contribution is -1.97. The molecular formula is C12H8FN3O. The first-order chi connectivity index (χ1) is 8.19. The Morgan fingerprint density at radius 3 is 2.76 bits per heavy atom. The lowest BCUT2D eigenvalue weighted by atomic mass is 10.3. The molecule has 17 heavy (non-hydrogen) atoms. The molecule has 0 bridgehead atoms. The third-order valence-electron chi connectivity index (χ3n) is 1.99. The molecule has 0 N–H and O–H groups in total. The fourth-order valence-corrected chi connectivity index (χ4v) is 1.27. The summed E-state index contributed by atoms with van der Waals surface area (Å²) in [6.07, 6.45) is 0. The van der Waals surface area contributed by atoms with E-state index < -0.39 is 5.82 Å². The molecule has 4 nitrogen and oxygen atoms in total. The summed E-state index contributed by atoms with van der Waals surface area (Å²) in [4.78, 5) is 7.79. The topological polar surface area (TPSA) is 58.8 Å². The van der Waals surface area contributed by atoms with Gasteiger partial charge in [-0.3, -0.25) is 0 Å². The highest BCUT2D eigenvalue weighted by Crippen LogP contribution is 2.21. The van der Waals surface area contributed by atoms with Gasteiger partial charge in [-0.1, -0.05) is 12.1 Å². The molecule has 0 aliphatic carbocycles. The van der Waals surface area contributed by atoms with Crippen molar-refractivity contribution in [2.24, 2.45) is 0 Å². The van der Waals surface area contributed by atoms with Crippen LogP contribution < -0.4 is 4.74 Å². The second-order valence-corrected chi connectivity index (χ2v) is 3.32. The molecule has 0 aliphatic rings. The van der Waals surface area contributed by atoms with Crippen LogP contribution in [0.4, 0.5) is 4.39 Å². The van der Waals surface area contributed by atoms with Gasteiger partial charge in [-0.05, 0) is 25.1 Å². The molecule has 84 valence electrons. The van der Waals surface area contributed by atoms with Crippen LogP contribution in [0.3, 0.4) is 0 Å². The number of nitriles is 1. The minimum absolute atomic E-state index is 0.0296. The van der Waals surface area contributed by atoms with E-state index in [4.69, 9.17) is 10.00 Å². The number of hydrogen-bond donors (Lipinski definition) is 0. The standard InChI is InChI=1S/C12H8FN3O/c1-8-6-9(7-14)16-12(15-8)17-11-5-3-2-4-10(11)13/h2-6H,1H3. The van der Waals surface area contributed by atoms with Crippen molar-refractivity contribution in [3.63, 3.8) is 0 Å². The quantitative estimate of drug-likeness (QED) is 0.794. The van der Waals surface area contributed by atoms with Crippen molar-refractivity contribution in [2.45, 2.75) is 6.92 Å². The molecule has 0 aliphatic heterocycles. The number of benzene rings is 1. The zero-order valence-corrected chi connectivity index (χ0v) is 9.01. The van der Waals surface area contributed by atoms with Crippen molar-refractivity contribution in [1.29, 1.82) is 5.26 Å². The fourth-order valence-electron chi connectivity index (χ4n) is 1.27. The Balaban J connectivity index is 2.34. The lowest BCUT2D eigenvalue weighted by Gasteiger charge is -2.05. The van der Waals surface area contributed by atoms with Gasteiger partial charge in [0.2, 0.25) is 0 Å². The van der Waals surface area contributed by atoms with Crippen molar-refractivity contribution in [2.75, 3.05) is 0 Å². The third kappa shape index (κ3) is 2.55. The van der Waals surface area contributed by atoms with Gasteiger partial charge in [-0.2, -0.15) is 10.2 Å². The molecule has 0 amide bonds. The third-order valence-corrected chi connectivity index (χ3v) is 1.99. The van der Waals surface area contributed by atoms with Crippen LogP contribution in [0.5, 0.6) is 11.8 Å². The number of para-hydroxylation sites is 1. The lowest BCUT2D eigenvalue weighted by molar-refractivity contribution is 0.409. The van der Waals surface area contributed by atoms with Crippen molar-refractivity contribution in [3.05, 3.63) is 47.5 Å². The van der Waals surface area contributed by atoms with Gasteiger partial charge in [-0.15, -0.1) is 0 Å². The zero-order valence-electron chi connectivity index (χ0n) is 9.01. The Bertz CT molecular complexity index is 593. The van der Waals surface area contributed by atoms with Crippen LogP contribution in [0.2, 0.25) is 0 Å². The summed E-state index contributed by atoms with van der Waals surface area (Å²) in [6.45, 7) is 1.71. The van der Waals surface area contributed by atoms with Crippen LogP contribution in [0.1, 0.15) is 11.4 Å². The predicted octanol–water partition coefficient (Wildman–Crippen LogP) is 2.59. The van der Waals surface area contributed by atoms with Gasteiger partial charge in [0.25, 0.3) is 0 Å². The van der Waals surface area contributed by atoms with E-state index >= 15 is 0 Å². The maximum Gasteiger partial charge on any atom is 0.323 e. The molecule has 5 heteroatoms. The molecule has 0 unspecified atom stereocenters. The largest absolute Gasteiger partial charge is 0.421 e. The Hall–Kier alpha value is -2.48. The van der Waals surface area contributed by atoms with Crippen LogP contribution >= 0.6 is 0 Å². The number of ether oxygens (including phenoxy) is 1. The van der Waals surface area contributed by atoms with Crippen molar-refractivity contribution in [1.82, 2.24) is 9.97 Å². The number of hydrogen-bond acceptors (Lipinski definition) is 4. The van der Waals surface area contributed by atoms with Crippen LogP contribution in [0.25, 0.3) is 0 Å². The predicted molar refractivity (Wildman–Crippen MR) is 58.0 cm³/mol. The van der Waals surface area contributed by atoms with E-state index in [1.807, 2.05) is 6.07 Å². The molecule has 1 heterocycles. The summed E-state index contributed by atoms with van der Waals surface area (Å²) < 4.78 is 18.5. The Morgan fingerprint density at radius 2 is 2.06 bits per heavy atom. The van der Waals surface area contributed by atoms with Gasteiger partial charge >= 0.3 is 6.01 Å². The smallest absolute Gasteiger partial charge is 0.323 e. The molecule has 1 aromatic carbocycles. The van der Waals surface area contributed by atoms with Crippen molar-refractivity contribution < 1.29 is 9.13 Å². The first-order valence-corrected chi connectivity index (χ1v) is 4.87. The summed E-state index contributed by atoms with van der Waals surface area (Å²) in [7, 11) is 0. The summed E-state index contributed by atoms with van der Waals surface area (Å²) in [5.41, 5.74) is 0.770. The minimum atomic E-state index is -0.504. The first-order valence-electron chi connectivity index (χ1n) is 4.87. The highest BCUT2D eigenvalue weighted by molar-refractivity contribution is 5.29. The summed E-state index contributed by atoms with van der Waals surface area (Å²) in [6, 6.07) is 9.30. The maximum absolute atomic E-state index is 13.3. The van der Waals surface area contributed by atoms with Crippen LogP contribution in [-0.4, -0.2) is 9.97 Å². The van der Waals surface area contributed by atoms with E-state index in [1.54, 1.807) is 19.1 Å². The van der Waals surface area contributed by atoms with E-state index in [0.717, 1.165) is 0 Å². The maximum atomic E-state index is 13.3.